The topological polar surface area (TPSA) is 66.0 Å². The summed E-state index contributed by atoms with van der Waals surface area (Å²) >= 11 is 0. The van der Waals surface area contributed by atoms with Crippen LogP contribution in [0.15, 0.2) is 17.2 Å². The van der Waals surface area contributed by atoms with E-state index in [1.165, 1.54) is 11.1 Å². The van der Waals surface area contributed by atoms with Crippen molar-refractivity contribution >= 4 is 17.4 Å². The summed E-state index contributed by atoms with van der Waals surface area (Å²) in [4.78, 5) is 13.9. The average Bonchev–Trinajstić information content (AvgIpc) is 2.46. The van der Waals surface area contributed by atoms with Crippen LogP contribution in [0.25, 0.3) is 0 Å². The van der Waals surface area contributed by atoms with Crippen molar-refractivity contribution in [2.45, 2.75) is 26.3 Å². The van der Waals surface area contributed by atoms with Crippen LogP contribution in [0.5, 0.6) is 5.75 Å². The molecule has 1 amide bonds. The predicted molar refractivity (Wildman–Crippen MR) is 84.3 cm³/mol. The van der Waals surface area contributed by atoms with Crippen LogP contribution >= 0.6 is 0 Å². The minimum Gasteiger partial charge on any atom is -0.483 e. The average molecular weight is 300 g/mol. The van der Waals surface area contributed by atoms with Crippen molar-refractivity contribution in [1.29, 1.82) is 0 Å². The summed E-state index contributed by atoms with van der Waals surface area (Å²) in [6.07, 6.45) is 1.06. The first-order chi connectivity index (χ1) is 10.6. The zero-order chi connectivity index (χ0) is 15.3. The Hall–Kier alpha value is -2.08. The number of rotatable bonds is 2. The number of carbonyl (C=O) groups excluding carboxylic acids is 1. The summed E-state index contributed by atoms with van der Waals surface area (Å²) in [5.74, 6) is 2.23. The van der Waals surface area contributed by atoms with E-state index < -0.39 is 0 Å². The maximum atomic E-state index is 11.9. The second-order valence-electron chi connectivity index (χ2n) is 6.31. The largest absolute Gasteiger partial charge is 0.483 e. The third kappa shape index (κ3) is 2.06. The van der Waals surface area contributed by atoms with Gasteiger partial charge in [0, 0.05) is 0 Å². The van der Waals surface area contributed by atoms with Crippen LogP contribution < -0.4 is 20.4 Å². The van der Waals surface area contributed by atoms with Crippen LogP contribution in [0.3, 0.4) is 0 Å². The zero-order valence-electron chi connectivity index (χ0n) is 12.8. The highest BCUT2D eigenvalue weighted by Gasteiger charge is 2.35. The number of hydrazone groups is 1. The van der Waals surface area contributed by atoms with E-state index in [4.69, 9.17) is 4.74 Å². The standard InChI is InChI=1S/C16H20N4O2/c1-9-3-14-13(5-12(9)4-11-6-17-7-11)20-10(2)16(21)19-18-15(20)8-22-14/h3,5,10-11,17H,4,6-8H2,1-2H3,(H,19,21). The molecule has 1 aromatic rings. The number of ether oxygens (including phenoxy) is 1. The lowest BCUT2D eigenvalue weighted by molar-refractivity contribution is -0.122. The molecule has 0 bridgehead atoms. The van der Waals surface area contributed by atoms with Gasteiger partial charge in [-0.25, -0.2) is 5.43 Å². The SMILES string of the molecule is Cc1cc2c(cc1CC1CNC1)N1C(=NNC(=O)C1C)CO2. The highest BCUT2D eigenvalue weighted by Crippen LogP contribution is 2.37. The van der Waals surface area contributed by atoms with Gasteiger partial charge in [0.15, 0.2) is 5.84 Å². The number of amides is 1. The molecule has 0 aliphatic carbocycles. The van der Waals surface area contributed by atoms with Crippen molar-refractivity contribution in [3.05, 3.63) is 23.3 Å². The van der Waals surface area contributed by atoms with E-state index in [0.717, 1.165) is 36.8 Å². The summed E-state index contributed by atoms with van der Waals surface area (Å²) in [6.45, 7) is 6.59. The Kier molecular flexibility index (Phi) is 3.07. The second kappa shape index (κ2) is 4.98. The molecule has 1 atom stereocenters. The van der Waals surface area contributed by atoms with E-state index in [1.54, 1.807) is 0 Å². The Labute approximate surface area is 129 Å². The summed E-state index contributed by atoms with van der Waals surface area (Å²) in [7, 11) is 0. The molecule has 3 aliphatic rings. The maximum Gasteiger partial charge on any atom is 0.262 e. The van der Waals surface area contributed by atoms with Crippen molar-refractivity contribution in [3.8, 4) is 5.75 Å². The molecular weight excluding hydrogens is 280 g/mol. The van der Waals surface area contributed by atoms with Gasteiger partial charge in [-0.1, -0.05) is 0 Å². The molecule has 1 fully saturated rings. The van der Waals surface area contributed by atoms with Crippen molar-refractivity contribution in [1.82, 2.24) is 10.7 Å². The van der Waals surface area contributed by atoms with E-state index in [9.17, 15) is 4.79 Å². The van der Waals surface area contributed by atoms with Gasteiger partial charge in [0.05, 0.1) is 5.69 Å². The van der Waals surface area contributed by atoms with Gasteiger partial charge in [-0.2, -0.15) is 5.10 Å². The minimum absolute atomic E-state index is 0.0816. The van der Waals surface area contributed by atoms with Crippen LogP contribution in [0.2, 0.25) is 0 Å². The zero-order valence-corrected chi connectivity index (χ0v) is 12.8. The molecule has 2 N–H and O–H groups in total. The van der Waals surface area contributed by atoms with Gasteiger partial charge in [0.1, 0.15) is 18.4 Å². The van der Waals surface area contributed by atoms with Crippen LogP contribution in [0, 0.1) is 12.8 Å². The van der Waals surface area contributed by atoms with Gasteiger partial charge in [0.25, 0.3) is 5.91 Å². The number of aryl methyl sites for hydroxylation is 1. The van der Waals surface area contributed by atoms with Crippen LogP contribution in [-0.4, -0.2) is 37.5 Å². The number of nitrogens with one attached hydrogen (secondary N) is 2. The molecule has 3 aliphatic heterocycles. The molecule has 22 heavy (non-hydrogen) atoms. The fourth-order valence-electron chi connectivity index (χ4n) is 3.24. The van der Waals surface area contributed by atoms with Gasteiger partial charge in [0.2, 0.25) is 0 Å². The normalized spacial score (nSPS) is 23.7. The van der Waals surface area contributed by atoms with Gasteiger partial charge < -0.3 is 15.0 Å². The van der Waals surface area contributed by atoms with E-state index >= 15 is 0 Å². The molecule has 1 saturated heterocycles. The minimum atomic E-state index is -0.268. The highest BCUT2D eigenvalue weighted by molar-refractivity contribution is 6.09. The fraction of sp³-hybridized carbons (Fsp3) is 0.500. The Morgan fingerprint density at radius 1 is 1.41 bits per heavy atom. The number of carbonyl (C=O) groups is 1. The Morgan fingerprint density at radius 3 is 2.95 bits per heavy atom. The molecule has 1 aromatic carbocycles. The van der Waals surface area contributed by atoms with E-state index in [-0.39, 0.29) is 11.9 Å². The number of hydrogen-bond acceptors (Lipinski definition) is 5. The second-order valence-corrected chi connectivity index (χ2v) is 6.31. The molecule has 6 nitrogen and oxygen atoms in total. The molecule has 0 aromatic heterocycles. The van der Waals surface area contributed by atoms with Crippen molar-refractivity contribution < 1.29 is 9.53 Å². The first-order valence-corrected chi connectivity index (χ1v) is 7.76. The van der Waals surface area contributed by atoms with Crippen LogP contribution in [-0.2, 0) is 11.2 Å². The first kappa shape index (κ1) is 13.6. The molecule has 1 unspecified atom stereocenters. The lowest BCUT2D eigenvalue weighted by Gasteiger charge is -2.38. The lowest BCUT2D eigenvalue weighted by atomic mass is 9.91. The van der Waals surface area contributed by atoms with E-state index in [1.807, 2.05) is 11.8 Å². The summed E-state index contributed by atoms with van der Waals surface area (Å²) in [5, 5.41) is 7.44. The Morgan fingerprint density at radius 2 is 2.23 bits per heavy atom. The van der Waals surface area contributed by atoms with E-state index in [2.05, 4.69) is 34.9 Å². The van der Waals surface area contributed by atoms with E-state index in [0.29, 0.717) is 12.5 Å². The third-order valence-electron chi connectivity index (χ3n) is 4.75. The summed E-state index contributed by atoms with van der Waals surface area (Å²) < 4.78 is 5.82. The number of fused-ring (bicyclic) bond motifs is 3. The number of hydrogen-bond donors (Lipinski definition) is 2. The molecule has 0 radical (unpaired) electrons. The summed E-state index contributed by atoms with van der Waals surface area (Å²) in [5.41, 5.74) is 6.09. The van der Waals surface area contributed by atoms with Crippen molar-refractivity contribution in [2.24, 2.45) is 11.0 Å². The van der Waals surface area contributed by atoms with Gasteiger partial charge >= 0.3 is 0 Å². The quantitative estimate of drug-likeness (QED) is 0.847. The predicted octanol–water partition coefficient (Wildman–Crippen LogP) is 0.788. The van der Waals surface area contributed by atoms with Crippen LogP contribution in [0.4, 0.5) is 5.69 Å². The Bertz CT molecular complexity index is 666. The van der Waals surface area contributed by atoms with Gasteiger partial charge in [-0.15, -0.1) is 0 Å². The molecule has 4 rings (SSSR count). The monoisotopic (exact) mass is 300 g/mol. The third-order valence-corrected chi connectivity index (χ3v) is 4.75. The van der Waals surface area contributed by atoms with Crippen molar-refractivity contribution in [2.75, 3.05) is 24.6 Å². The molecule has 0 saturated carbocycles. The molecule has 6 heteroatoms. The molecule has 0 spiro atoms. The van der Waals surface area contributed by atoms with Gasteiger partial charge in [-0.05, 0) is 62.5 Å². The number of anilines is 1. The molecular formula is C16H20N4O2. The molecule has 116 valence electrons. The highest BCUT2D eigenvalue weighted by atomic mass is 16.5. The van der Waals surface area contributed by atoms with Crippen molar-refractivity contribution in [3.63, 3.8) is 0 Å². The fourth-order valence-corrected chi connectivity index (χ4v) is 3.24. The summed E-state index contributed by atoms with van der Waals surface area (Å²) in [6, 6.07) is 4.00. The molecule has 3 heterocycles. The van der Waals surface area contributed by atoms with Crippen LogP contribution in [0.1, 0.15) is 18.1 Å². The Balaban J connectivity index is 1.74. The first-order valence-electron chi connectivity index (χ1n) is 7.76. The number of benzene rings is 1. The lowest BCUT2D eigenvalue weighted by Crippen LogP contribution is -2.55. The van der Waals surface area contributed by atoms with Gasteiger partial charge in [-0.3, -0.25) is 4.79 Å². The smallest absolute Gasteiger partial charge is 0.262 e. The number of amidine groups is 1. The number of nitrogens with zero attached hydrogens (tertiary/aromatic N) is 2. The maximum absolute atomic E-state index is 11.9.